The number of piperidine rings is 2. The monoisotopic (exact) mass is 506 g/mol. The Morgan fingerprint density at radius 3 is 2.57 bits per heavy atom. The van der Waals surface area contributed by atoms with Gasteiger partial charge in [-0.1, -0.05) is 6.07 Å². The van der Waals surface area contributed by atoms with Crippen molar-refractivity contribution in [3.8, 4) is 17.0 Å². The lowest BCUT2D eigenvalue weighted by atomic mass is 9.83. The molecule has 2 saturated heterocycles. The van der Waals surface area contributed by atoms with Crippen LogP contribution >= 0.6 is 0 Å². The van der Waals surface area contributed by atoms with E-state index in [4.69, 9.17) is 4.74 Å². The Hall–Kier alpha value is -3.30. The first-order valence-electron chi connectivity index (χ1n) is 12.9. The molecule has 196 valence electrons. The van der Waals surface area contributed by atoms with Gasteiger partial charge in [-0.15, -0.1) is 0 Å². The number of hydrogen-bond acceptors (Lipinski definition) is 7. The second-order valence-corrected chi connectivity index (χ2v) is 10.8. The maximum absolute atomic E-state index is 13.1. The summed E-state index contributed by atoms with van der Waals surface area (Å²) in [6.07, 6.45) is 4.25. The number of amides is 3. The molecule has 9 nitrogen and oxygen atoms in total. The number of likely N-dealkylation sites (tertiary alicyclic amines) is 1. The van der Waals surface area contributed by atoms with E-state index < -0.39 is 17.6 Å². The molecule has 2 N–H and O–H groups in total. The number of carbonyl (C=O) groups excluding carboxylic acids is 3. The van der Waals surface area contributed by atoms with Crippen molar-refractivity contribution >= 4 is 17.7 Å². The number of nitrogens with zero attached hydrogens (tertiary/aromatic N) is 3. The van der Waals surface area contributed by atoms with Gasteiger partial charge in [0.1, 0.15) is 17.5 Å². The van der Waals surface area contributed by atoms with Crippen LogP contribution in [0.3, 0.4) is 0 Å². The molecule has 0 spiro atoms. The number of carbonyl (C=O) groups is 3. The third kappa shape index (κ3) is 4.98. The van der Waals surface area contributed by atoms with Gasteiger partial charge in [-0.3, -0.25) is 29.6 Å². The number of methoxy groups -OCH3 is 1. The number of ether oxygens (including phenoxy) is 1. The van der Waals surface area contributed by atoms with Crippen molar-refractivity contribution in [2.75, 3.05) is 20.2 Å². The fraction of sp³-hybridized carbons (Fsp3) is 0.500. The molecule has 0 saturated carbocycles. The SMILES string of the molecule is COc1c(CN2CCC(C(C)(C)O)CC2)ccnc1-c1ccc2c(c1)CN(C1CCC(=O)NC1=O)C2=O. The van der Waals surface area contributed by atoms with Crippen LogP contribution in [0.4, 0.5) is 0 Å². The minimum absolute atomic E-state index is 0.195. The molecule has 2 aromatic rings. The number of aliphatic hydroxyl groups is 1. The first-order chi connectivity index (χ1) is 17.7. The number of nitrogens with one attached hydrogen (secondary N) is 1. The van der Waals surface area contributed by atoms with Gasteiger partial charge in [-0.25, -0.2) is 0 Å². The Labute approximate surface area is 216 Å². The molecule has 3 amide bonds. The lowest BCUT2D eigenvalue weighted by Gasteiger charge is -2.37. The molecule has 1 unspecified atom stereocenters. The molecule has 3 aliphatic rings. The van der Waals surface area contributed by atoms with Crippen molar-refractivity contribution in [2.24, 2.45) is 5.92 Å². The number of imide groups is 1. The van der Waals surface area contributed by atoms with Gasteiger partial charge in [0.2, 0.25) is 11.8 Å². The summed E-state index contributed by atoms with van der Waals surface area (Å²) in [5.74, 6) is 0.0951. The van der Waals surface area contributed by atoms with Crippen LogP contribution in [-0.2, 0) is 22.7 Å². The number of benzene rings is 1. The Kier molecular flexibility index (Phi) is 6.76. The fourth-order valence-corrected chi connectivity index (χ4v) is 5.81. The zero-order chi connectivity index (χ0) is 26.3. The summed E-state index contributed by atoms with van der Waals surface area (Å²) < 4.78 is 5.84. The molecular formula is C28H34N4O5. The maximum atomic E-state index is 13.1. The highest BCUT2D eigenvalue weighted by Crippen LogP contribution is 2.36. The van der Waals surface area contributed by atoms with E-state index in [2.05, 4.69) is 15.2 Å². The highest BCUT2D eigenvalue weighted by atomic mass is 16.5. The van der Waals surface area contributed by atoms with Gasteiger partial charge in [-0.05, 0) is 75.9 Å². The average molecular weight is 507 g/mol. The number of rotatable bonds is 6. The lowest BCUT2D eigenvalue weighted by Crippen LogP contribution is -2.52. The van der Waals surface area contributed by atoms with E-state index in [1.807, 2.05) is 32.0 Å². The molecule has 1 aromatic heterocycles. The largest absolute Gasteiger partial charge is 0.494 e. The summed E-state index contributed by atoms with van der Waals surface area (Å²) in [6.45, 7) is 6.63. The lowest BCUT2D eigenvalue weighted by molar-refractivity contribution is -0.136. The molecule has 0 radical (unpaired) electrons. The van der Waals surface area contributed by atoms with Gasteiger partial charge in [0.25, 0.3) is 5.91 Å². The molecule has 0 bridgehead atoms. The van der Waals surface area contributed by atoms with Crippen molar-refractivity contribution in [1.82, 2.24) is 20.1 Å². The predicted octanol–water partition coefficient (Wildman–Crippen LogP) is 2.50. The molecule has 2 fully saturated rings. The van der Waals surface area contributed by atoms with Crippen LogP contribution in [0.1, 0.15) is 61.0 Å². The van der Waals surface area contributed by atoms with Gasteiger partial charge < -0.3 is 14.7 Å². The van der Waals surface area contributed by atoms with E-state index in [9.17, 15) is 19.5 Å². The molecule has 37 heavy (non-hydrogen) atoms. The van der Waals surface area contributed by atoms with Crippen molar-refractivity contribution in [3.63, 3.8) is 0 Å². The van der Waals surface area contributed by atoms with Crippen LogP contribution in [0, 0.1) is 5.92 Å². The van der Waals surface area contributed by atoms with Crippen LogP contribution < -0.4 is 10.1 Å². The normalized spacial score (nSPS) is 21.2. The summed E-state index contributed by atoms with van der Waals surface area (Å²) in [5, 5.41) is 12.7. The van der Waals surface area contributed by atoms with Crippen molar-refractivity contribution in [2.45, 2.75) is 64.3 Å². The van der Waals surface area contributed by atoms with Crippen LogP contribution in [0.2, 0.25) is 0 Å². The molecule has 3 aliphatic heterocycles. The van der Waals surface area contributed by atoms with Crippen molar-refractivity contribution in [3.05, 3.63) is 47.2 Å². The Morgan fingerprint density at radius 2 is 1.89 bits per heavy atom. The molecule has 1 atom stereocenters. The summed E-state index contributed by atoms with van der Waals surface area (Å²) >= 11 is 0. The third-order valence-electron chi connectivity index (χ3n) is 7.97. The summed E-state index contributed by atoms with van der Waals surface area (Å²) in [7, 11) is 1.64. The Bertz CT molecular complexity index is 1230. The number of pyridine rings is 1. The smallest absolute Gasteiger partial charge is 0.255 e. The fourth-order valence-electron chi connectivity index (χ4n) is 5.81. The first-order valence-corrected chi connectivity index (χ1v) is 12.9. The summed E-state index contributed by atoms with van der Waals surface area (Å²) in [4.78, 5) is 45.5. The van der Waals surface area contributed by atoms with E-state index >= 15 is 0 Å². The maximum Gasteiger partial charge on any atom is 0.255 e. The molecular weight excluding hydrogens is 472 g/mol. The van der Waals surface area contributed by atoms with E-state index in [-0.39, 0.29) is 18.2 Å². The van der Waals surface area contributed by atoms with Crippen LogP contribution in [0.5, 0.6) is 5.75 Å². The van der Waals surface area contributed by atoms with Gasteiger partial charge in [0, 0.05) is 42.4 Å². The molecule has 9 heteroatoms. The minimum atomic E-state index is -0.656. The van der Waals surface area contributed by atoms with E-state index in [1.54, 1.807) is 24.3 Å². The minimum Gasteiger partial charge on any atom is -0.494 e. The number of aromatic nitrogens is 1. The molecule has 0 aliphatic carbocycles. The van der Waals surface area contributed by atoms with Gasteiger partial charge in [-0.2, -0.15) is 0 Å². The number of fused-ring (bicyclic) bond motifs is 1. The van der Waals surface area contributed by atoms with E-state index in [0.717, 1.165) is 49.2 Å². The van der Waals surface area contributed by atoms with Crippen LogP contribution in [0.15, 0.2) is 30.5 Å². The van der Waals surface area contributed by atoms with Gasteiger partial charge in [0.15, 0.2) is 0 Å². The molecule has 5 rings (SSSR count). The highest BCUT2D eigenvalue weighted by Gasteiger charge is 2.39. The number of hydrogen-bond donors (Lipinski definition) is 2. The Morgan fingerprint density at radius 1 is 1.14 bits per heavy atom. The zero-order valence-corrected chi connectivity index (χ0v) is 21.6. The van der Waals surface area contributed by atoms with Crippen molar-refractivity contribution < 1.29 is 24.2 Å². The summed E-state index contributed by atoms with van der Waals surface area (Å²) in [6, 6.07) is 6.94. The highest BCUT2D eigenvalue weighted by molar-refractivity contribution is 6.05. The summed E-state index contributed by atoms with van der Waals surface area (Å²) in [5.41, 5.74) is 3.33. The predicted molar refractivity (Wildman–Crippen MR) is 137 cm³/mol. The third-order valence-corrected chi connectivity index (χ3v) is 7.97. The Balaban J connectivity index is 1.35. The first kappa shape index (κ1) is 25.4. The van der Waals surface area contributed by atoms with E-state index in [0.29, 0.717) is 35.9 Å². The van der Waals surface area contributed by atoms with Crippen LogP contribution in [0.25, 0.3) is 11.3 Å². The van der Waals surface area contributed by atoms with E-state index in [1.165, 1.54) is 0 Å². The second-order valence-electron chi connectivity index (χ2n) is 10.8. The topological polar surface area (TPSA) is 112 Å². The molecule has 4 heterocycles. The van der Waals surface area contributed by atoms with Gasteiger partial charge in [0.05, 0.1) is 12.7 Å². The molecule has 1 aromatic carbocycles. The zero-order valence-electron chi connectivity index (χ0n) is 21.6. The van der Waals surface area contributed by atoms with Crippen molar-refractivity contribution in [1.29, 1.82) is 0 Å². The second kappa shape index (κ2) is 9.87. The van der Waals surface area contributed by atoms with Gasteiger partial charge >= 0.3 is 0 Å². The standard InChI is InChI=1S/C28H34N4O5/c1-28(2,36)20-9-12-31(13-10-20)15-18-8-11-29-24(25(18)37-3)17-4-5-21-19(14-17)16-32(27(21)35)22-6-7-23(33)30-26(22)34/h4-5,8,11,14,20,22,36H,6-7,9-10,12-13,15-16H2,1-3H3,(H,30,33,34). The quantitative estimate of drug-likeness (QED) is 0.579. The van der Waals surface area contributed by atoms with Crippen LogP contribution in [-0.4, -0.2) is 69.5 Å². The average Bonchev–Trinajstić information content (AvgIpc) is 3.19.